The lowest BCUT2D eigenvalue weighted by molar-refractivity contribution is 0.619. The molecule has 90 valence electrons. The summed E-state index contributed by atoms with van der Waals surface area (Å²) in [5, 5.41) is 0. The van der Waals surface area contributed by atoms with Gasteiger partial charge in [-0.05, 0) is 56.2 Å². The molecule has 0 aliphatic carbocycles. The van der Waals surface area contributed by atoms with Crippen LogP contribution in [0.4, 0.5) is 0 Å². The molecule has 0 atom stereocenters. The minimum atomic E-state index is 0.690. The molecule has 1 heterocycles. The first kappa shape index (κ1) is 11.0. The van der Waals surface area contributed by atoms with Crippen molar-refractivity contribution in [3.8, 4) is 11.5 Å². The van der Waals surface area contributed by atoms with E-state index in [1.165, 1.54) is 16.7 Å². The van der Waals surface area contributed by atoms with Gasteiger partial charge < -0.3 is 4.42 Å². The molecule has 0 N–H and O–H groups in total. The van der Waals surface area contributed by atoms with Gasteiger partial charge >= 0.3 is 0 Å². The van der Waals surface area contributed by atoms with Crippen LogP contribution in [0, 0.1) is 20.8 Å². The topological polar surface area (TPSA) is 26.0 Å². The summed E-state index contributed by atoms with van der Waals surface area (Å²) >= 11 is 0. The van der Waals surface area contributed by atoms with Gasteiger partial charge in [-0.2, -0.15) is 0 Å². The number of benzene rings is 2. The molecule has 2 nitrogen and oxygen atoms in total. The number of rotatable bonds is 1. The number of hydrogen-bond donors (Lipinski definition) is 0. The molecule has 0 fully saturated rings. The Morgan fingerprint density at radius 1 is 0.889 bits per heavy atom. The van der Waals surface area contributed by atoms with E-state index in [2.05, 4.69) is 50.0 Å². The third kappa shape index (κ3) is 1.80. The minimum absolute atomic E-state index is 0.690. The van der Waals surface area contributed by atoms with E-state index in [0.717, 1.165) is 16.7 Å². The van der Waals surface area contributed by atoms with E-state index in [-0.39, 0.29) is 0 Å². The number of aromatic nitrogens is 1. The second-order valence-corrected chi connectivity index (χ2v) is 4.79. The molecule has 2 heteroatoms. The first-order valence-electron chi connectivity index (χ1n) is 6.08. The number of fused-ring (bicyclic) bond motifs is 1. The second-order valence-electron chi connectivity index (χ2n) is 4.79. The van der Waals surface area contributed by atoms with E-state index in [9.17, 15) is 0 Å². The molecule has 0 aliphatic heterocycles. The fourth-order valence-corrected chi connectivity index (χ4v) is 2.00. The standard InChI is InChI=1S/C16H15NO/c1-10-4-6-13(7-5-10)16-17-14-8-11(2)12(3)9-15(14)18-16/h4-9H,1-3H3. The molecule has 0 unspecified atom stereocenters. The molecule has 0 spiro atoms. The maximum atomic E-state index is 5.82. The Morgan fingerprint density at radius 2 is 1.56 bits per heavy atom. The Morgan fingerprint density at radius 3 is 2.28 bits per heavy atom. The third-order valence-corrected chi connectivity index (χ3v) is 3.30. The van der Waals surface area contributed by atoms with Crippen LogP contribution in [0.1, 0.15) is 16.7 Å². The lowest BCUT2D eigenvalue weighted by atomic mass is 10.1. The summed E-state index contributed by atoms with van der Waals surface area (Å²) < 4.78 is 5.82. The lowest BCUT2D eigenvalue weighted by Crippen LogP contribution is -1.79. The zero-order valence-electron chi connectivity index (χ0n) is 10.8. The highest BCUT2D eigenvalue weighted by atomic mass is 16.3. The SMILES string of the molecule is Cc1ccc(-c2nc3cc(C)c(C)cc3o2)cc1. The summed E-state index contributed by atoms with van der Waals surface area (Å²) in [5.41, 5.74) is 6.51. The van der Waals surface area contributed by atoms with Crippen molar-refractivity contribution in [1.82, 2.24) is 4.98 Å². The van der Waals surface area contributed by atoms with Gasteiger partial charge in [-0.1, -0.05) is 17.7 Å². The molecule has 3 rings (SSSR count). The van der Waals surface area contributed by atoms with Gasteiger partial charge in [0.1, 0.15) is 5.52 Å². The Balaban J connectivity index is 2.16. The predicted molar refractivity (Wildman–Crippen MR) is 73.7 cm³/mol. The highest BCUT2D eigenvalue weighted by molar-refractivity contribution is 5.77. The zero-order chi connectivity index (χ0) is 12.7. The predicted octanol–water partition coefficient (Wildman–Crippen LogP) is 4.42. The zero-order valence-corrected chi connectivity index (χ0v) is 10.8. The summed E-state index contributed by atoms with van der Waals surface area (Å²) in [6, 6.07) is 12.3. The van der Waals surface area contributed by atoms with Crippen molar-refractivity contribution in [2.24, 2.45) is 0 Å². The van der Waals surface area contributed by atoms with Gasteiger partial charge in [0.05, 0.1) is 0 Å². The van der Waals surface area contributed by atoms with Crippen LogP contribution in [0.2, 0.25) is 0 Å². The number of hydrogen-bond acceptors (Lipinski definition) is 2. The van der Waals surface area contributed by atoms with Gasteiger partial charge in [0.15, 0.2) is 5.58 Å². The van der Waals surface area contributed by atoms with Crippen molar-refractivity contribution in [2.45, 2.75) is 20.8 Å². The minimum Gasteiger partial charge on any atom is -0.436 e. The van der Waals surface area contributed by atoms with Crippen molar-refractivity contribution in [3.05, 3.63) is 53.1 Å². The molecule has 0 aliphatic rings. The van der Waals surface area contributed by atoms with E-state index in [4.69, 9.17) is 4.42 Å². The van der Waals surface area contributed by atoms with E-state index >= 15 is 0 Å². The van der Waals surface area contributed by atoms with Crippen LogP contribution in [0.3, 0.4) is 0 Å². The van der Waals surface area contributed by atoms with Crippen molar-refractivity contribution in [3.63, 3.8) is 0 Å². The Labute approximate surface area is 106 Å². The molecule has 0 saturated carbocycles. The lowest BCUT2D eigenvalue weighted by Gasteiger charge is -1.96. The van der Waals surface area contributed by atoms with Crippen molar-refractivity contribution in [1.29, 1.82) is 0 Å². The third-order valence-electron chi connectivity index (χ3n) is 3.30. The van der Waals surface area contributed by atoms with E-state index in [0.29, 0.717) is 5.89 Å². The number of nitrogens with zero attached hydrogens (tertiary/aromatic N) is 1. The van der Waals surface area contributed by atoms with Gasteiger partial charge in [0, 0.05) is 5.56 Å². The maximum absolute atomic E-state index is 5.82. The first-order chi connectivity index (χ1) is 8.63. The van der Waals surface area contributed by atoms with Gasteiger partial charge in [-0.3, -0.25) is 0 Å². The van der Waals surface area contributed by atoms with Crippen molar-refractivity contribution >= 4 is 11.1 Å². The fraction of sp³-hybridized carbons (Fsp3) is 0.188. The van der Waals surface area contributed by atoms with Gasteiger partial charge in [-0.25, -0.2) is 4.98 Å². The fourth-order valence-electron chi connectivity index (χ4n) is 2.00. The largest absolute Gasteiger partial charge is 0.436 e. The first-order valence-corrected chi connectivity index (χ1v) is 6.08. The van der Waals surface area contributed by atoms with E-state index in [1.54, 1.807) is 0 Å². The average Bonchev–Trinajstić information content (AvgIpc) is 2.73. The molecule has 0 radical (unpaired) electrons. The molecule has 1 aromatic heterocycles. The van der Waals surface area contributed by atoms with E-state index in [1.807, 2.05) is 12.1 Å². The van der Waals surface area contributed by atoms with Crippen LogP contribution in [-0.2, 0) is 0 Å². The van der Waals surface area contributed by atoms with Crippen LogP contribution < -0.4 is 0 Å². The molecular weight excluding hydrogens is 222 g/mol. The monoisotopic (exact) mass is 237 g/mol. The summed E-state index contributed by atoms with van der Waals surface area (Å²) in [6.45, 7) is 6.25. The molecule has 18 heavy (non-hydrogen) atoms. The Bertz CT molecular complexity index is 669. The highest BCUT2D eigenvalue weighted by Crippen LogP contribution is 2.26. The van der Waals surface area contributed by atoms with E-state index < -0.39 is 0 Å². The molecule has 3 aromatic rings. The van der Waals surface area contributed by atoms with Crippen LogP contribution in [0.5, 0.6) is 0 Å². The van der Waals surface area contributed by atoms with Gasteiger partial charge in [0.25, 0.3) is 0 Å². The number of oxazole rings is 1. The molecular formula is C16H15NO. The maximum Gasteiger partial charge on any atom is 0.227 e. The summed E-state index contributed by atoms with van der Waals surface area (Å²) in [4.78, 5) is 4.55. The number of aryl methyl sites for hydroxylation is 3. The Hall–Kier alpha value is -2.09. The van der Waals surface area contributed by atoms with Crippen LogP contribution in [-0.4, -0.2) is 4.98 Å². The smallest absolute Gasteiger partial charge is 0.227 e. The van der Waals surface area contributed by atoms with Crippen LogP contribution in [0.25, 0.3) is 22.6 Å². The molecule has 0 bridgehead atoms. The van der Waals surface area contributed by atoms with Crippen LogP contribution in [0.15, 0.2) is 40.8 Å². The highest BCUT2D eigenvalue weighted by Gasteiger charge is 2.09. The van der Waals surface area contributed by atoms with Gasteiger partial charge in [0.2, 0.25) is 5.89 Å². The van der Waals surface area contributed by atoms with Crippen LogP contribution >= 0.6 is 0 Å². The van der Waals surface area contributed by atoms with Crippen molar-refractivity contribution in [2.75, 3.05) is 0 Å². The Kier molecular flexibility index (Phi) is 2.44. The quantitative estimate of drug-likeness (QED) is 0.626. The molecule has 0 saturated heterocycles. The average molecular weight is 237 g/mol. The molecule has 0 amide bonds. The second kappa shape index (κ2) is 3.98. The summed E-state index contributed by atoms with van der Waals surface area (Å²) in [6.07, 6.45) is 0. The van der Waals surface area contributed by atoms with Gasteiger partial charge in [-0.15, -0.1) is 0 Å². The molecule has 2 aromatic carbocycles. The normalized spacial score (nSPS) is 11.1. The van der Waals surface area contributed by atoms with Crippen molar-refractivity contribution < 1.29 is 4.42 Å². The summed E-state index contributed by atoms with van der Waals surface area (Å²) in [7, 11) is 0. The summed E-state index contributed by atoms with van der Waals surface area (Å²) in [5.74, 6) is 0.690.